The molecule has 3 heteroatoms. The first kappa shape index (κ1) is 12.7. The number of carbonyl (C=O) groups excluding carboxylic acids is 1. The van der Waals surface area contributed by atoms with E-state index in [9.17, 15) is 4.79 Å². The predicted octanol–water partition coefficient (Wildman–Crippen LogP) is 4.19. The van der Waals surface area contributed by atoms with Crippen LogP contribution in [0.2, 0.25) is 0 Å². The summed E-state index contributed by atoms with van der Waals surface area (Å²) in [5.41, 5.74) is 2.25. The molecule has 1 amide bonds. The van der Waals surface area contributed by atoms with Crippen LogP contribution in [0.25, 0.3) is 32.3 Å². The molecule has 4 rings (SSSR count). The second-order valence-electron chi connectivity index (χ2n) is 5.21. The minimum absolute atomic E-state index is 0.521. The summed E-state index contributed by atoms with van der Waals surface area (Å²) in [6.45, 7) is 0. The Morgan fingerprint density at radius 3 is 2.09 bits per heavy atom. The van der Waals surface area contributed by atoms with Crippen molar-refractivity contribution >= 4 is 38.7 Å². The van der Waals surface area contributed by atoms with Gasteiger partial charge in [0.1, 0.15) is 0 Å². The number of rotatable bonds is 3. The number of hydrogen-bond donors (Lipinski definition) is 1. The Hall–Kier alpha value is -3.07. The normalized spacial score (nSPS) is 10.9. The van der Waals surface area contributed by atoms with Gasteiger partial charge >= 0.3 is 0 Å². The van der Waals surface area contributed by atoms with Gasteiger partial charge in [0.15, 0.2) is 5.75 Å². The maximum atomic E-state index is 10.4. The quantitative estimate of drug-likeness (QED) is 0.348. The van der Waals surface area contributed by atoms with E-state index in [2.05, 4.69) is 41.9 Å². The summed E-state index contributed by atoms with van der Waals surface area (Å²) < 4.78 is 0. The summed E-state index contributed by atoms with van der Waals surface area (Å²) in [5, 5.41) is 6.82. The average Bonchev–Trinajstić information content (AvgIpc) is 2.56. The number of hydroxylamine groups is 1. The summed E-state index contributed by atoms with van der Waals surface area (Å²) in [4.78, 5) is 15.7. The Balaban J connectivity index is 2.01. The Morgan fingerprint density at radius 1 is 0.727 bits per heavy atom. The molecule has 0 atom stereocenters. The van der Waals surface area contributed by atoms with Crippen LogP contribution >= 0.6 is 0 Å². The molecule has 22 heavy (non-hydrogen) atoms. The van der Waals surface area contributed by atoms with Gasteiger partial charge in [0.05, 0.1) is 0 Å². The zero-order chi connectivity index (χ0) is 14.9. The fourth-order valence-corrected chi connectivity index (χ4v) is 2.87. The minimum atomic E-state index is 0.521. The molecule has 4 aromatic rings. The van der Waals surface area contributed by atoms with Crippen molar-refractivity contribution in [1.29, 1.82) is 0 Å². The van der Waals surface area contributed by atoms with Crippen LogP contribution in [0.3, 0.4) is 0 Å². The van der Waals surface area contributed by atoms with Crippen LogP contribution in [-0.2, 0) is 4.79 Å². The number of benzene rings is 4. The molecule has 0 spiro atoms. The number of nitrogens with one attached hydrogen (secondary N) is 1. The van der Waals surface area contributed by atoms with E-state index in [1.807, 2.05) is 30.3 Å². The smallest absolute Gasteiger partial charge is 0.239 e. The van der Waals surface area contributed by atoms with E-state index >= 15 is 0 Å². The van der Waals surface area contributed by atoms with E-state index in [4.69, 9.17) is 4.84 Å². The molecular formula is C19H13NO2. The first-order valence-electron chi connectivity index (χ1n) is 7.06. The predicted molar refractivity (Wildman–Crippen MR) is 88.8 cm³/mol. The number of fused-ring (bicyclic) bond motifs is 3. The largest absolute Gasteiger partial charge is 0.379 e. The number of amides is 1. The highest BCUT2D eigenvalue weighted by Crippen LogP contribution is 2.31. The van der Waals surface area contributed by atoms with Crippen molar-refractivity contribution in [3.8, 4) is 5.75 Å². The lowest BCUT2D eigenvalue weighted by Crippen LogP contribution is -2.15. The highest BCUT2D eigenvalue weighted by molar-refractivity contribution is 6.06. The third-order valence-corrected chi connectivity index (χ3v) is 3.88. The van der Waals surface area contributed by atoms with Gasteiger partial charge in [-0.25, -0.2) is 0 Å². The maximum absolute atomic E-state index is 10.4. The summed E-state index contributed by atoms with van der Waals surface area (Å²) in [5.74, 6) is 0.639. The van der Waals surface area contributed by atoms with Gasteiger partial charge in [0, 0.05) is 5.39 Å². The number of carbonyl (C=O) groups is 1. The van der Waals surface area contributed by atoms with Crippen molar-refractivity contribution in [2.45, 2.75) is 0 Å². The highest BCUT2D eigenvalue weighted by Gasteiger charge is 2.05. The molecule has 3 nitrogen and oxygen atoms in total. The lowest BCUT2D eigenvalue weighted by atomic mass is 9.99. The molecule has 0 saturated carbocycles. The Labute approximate surface area is 127 Å². The summed E-state index contributed by atoms with van der Waals surface area (Å²) >= 11 is 0. The molecule has 0 bridgehead atoms. The van der Waals surface area contributed by atoms with Crippen molar-refractivity contribution in [3.05, 3.63) is 66.7 Å². The molecule has 0 radical (unpaired) electrons. The molecule has 1 N–H and O–H groups in total. The first-order valence-corrected chi connectivity index (χ1v) is 7.06. The Morgan fingerprint density at radius 2 is 1.36 bits per heavy atom. The molecule has 0 unspecified atom stereocenters. The Bertz CT molecular complexity index is 1010. The maximum Gasteiger partial charge on any atom is 0.239 e. The Kier molecular flexibility index (Phi) is 2.90. The molecule has 0 aliphatic carbocycles. The first-order chi connectivity index (χ1) is 10.8. The minimum Gasteiger partial charge on any atom is -0.379 e. The van der Waals surface area contributed by atoms with E-state index in [1.54, 1.807) is 0 Å². The van der Waals surface area contributed by atoms with Crippen LogP contribution in [0, 0.1) is 0 Å². The zero-order valence-electron chi connectivity index (χ0n) is 11.7. The van der Waals surface area contributed by atoms with Gasteiger partial charge in [-0.05, 0) is 57.3 Å². The van der Waals surface area contributed by atoms with Crippen molar-refractivity contribution < 1.29 is 9.63 Å². The topological polar surface area (TPSA) is 38.3 Å². The molecule has 0 fully saturated rings. The van der Waals surface area contributed by atoms with Crippen LogP contribution in [0.4, 0.5) is 0 Å². The van der Waals surface area contributed by atoms with Gasteiger partial charge in [-0.2, -0.15) is 5.48 Å². The molecular weight excluding hydrogens is 274 g/mol. The van der Waals surface area contributed by atoms with E-state index in [-0.39, 0.29) is 0 Å². The van der Waals surface area contributed by atoms with Crippen LogP contribution in [0.1, 0.15) is 0 Å². The fraction of sp³-hybridized carbons (Fsp3) is 0. The monoisotopic (exact) mass is 287 g/mol. The molecule has 0 heterocycles. The third-order valence-electron chi connectivity index (χ3n) is 3.88. The average molecular weight is 287 g/mol. The zero-order valence-corrected chi connectivity index (χ0v) is 11.7. The van der Waals surface area contributed by atoms with Crippen LogP contribution < -0.4 is 10.3 Å². The van der Waals surface area contributed by atoms with E-state index in [1.165, 1.54) is 16.2 Å². The van der Waals surface area contributed by atoms with Gasteiger partial charge < -0.3 is 4.84 Å². The fourth-order valence-electron chi connectivity index (χ4n) is 2.87. The molecule has 0 aliphatic rings. The lowest BCUT2D eigenvalue weighted by molar-refractivity contribution is -0.115. The molecule has 0 aliphatic heterocycles. The van der Waals surface area contributed by atoms with Crippen molar-refractivity contribution in [3.63, 3.8) is 0 Å². The van der Waals surface area contributed by atoms with Crippen molar-refractivity contribution in [1.82, 2.24) is 5.48 Å². The van der Waals surface area contributed by atoms with Gasteiger partial charge in [-0.3, -0.25) is 4.79 Å². The second-order valence-corrected chi connectivity index (χ2v) is 5.21. The van der Waals surface area contributed by atoms with Crippen LogP contribution in [0.15, 0.2) is 66.7 Å². The SMILES string of the molecule is O=CNOc1cccc2cc3cc4ccccc4cc3cc12. The summed E-state index contributed by atoms with van der Waals surface area (Å²) in [6.07, 6.45) is 0.521. The highest BCUT2D eigenvalue weighted by atomic mass is 16.7. The molecule has 0 saturated heterocycles. The van der Waals surface area contributed by atoms with Crippen LogP contribution in [-0.4, -0.2) is 6.41 Å². The molecule has 4 aromatic carbocycles. The second kappa shape index (κ2) is 5.04. The van der Waals surface area contributed by atoms with Gasteiger partial charge in [0.25, 0.3) is 0 Å². The van der Waals surface area contributed by atoms with E-state index in [0.29, 0.717) is 12.2 Å². The van der Waals surface area contributed by atoms with E-state index < -0.39 is 0 Å². The third kappa shape index (κ3) is 2.04. The van der Waals surface area contributed by atoms with Gasteiger partial charge in [-0.1, -0.05) is 36.4 Å². The van der Waals surface area contributed by atoms with Gasteiger partial charge in [0.2, 0.25) is 6.41 Å². The van der Waals surface area contributed by atoms with Crippen molar-refractivity contribution in [2.24, 2.45) is 0 Å². The summed E-state index contributed by atoms with van der Waals surface area (Å²) in [6, 6.07) is 22.7. The number of hydrogen-bond acceptors (Lipinski definition) is 2. The van der Waals surface area contributed by atoms with Crippen LogP contribution in [0.5, 0.6) is 5.75 Å². The van der Waals surface area contributed by atoms with Crippen molar-refractivity contribution in [2.75, 3.05) is 0 Å². The molecule has 106 valence electrons. The standard InChI is InChI=1S/C19H13NO2/c21-12-20-22-19-7-3-6-15-10-16-8-13-4-1-2-5-14(13)9-17(16)11-18(15)19/h1-12H,(H,20,21). The lowest BCUT2D eigenvalue weighted by Gasteiger charge is -2.09. The van der Waals surface area contributed by atoms with E-state index in [0.717, 1.165) is 16.2 Å². The molecule has 0 aromatic heterocycles. The summed E-state index contributed by atoms with van der Waals surface area (Å²) in [7, 11) is 0. The van der Waals surface area contributed by atoms with Gasteiger partial charge in [-0.15, -0.1) is 0 Å².